The number of imide groups is 1. The van der Waals surface area contributed by atoms with Crippen LogP contribution in [0.1, 0.15) is 26.3 Å². The number of benzene rings is 1. The molecule has 0 aromatic heterocycles. The molecule has 0 bridgehead atoms. The number of nitrogens with one attached hydrogen (secondary N) is 3. The molecule has 3 N–H and O–H groups in total. The number of anilines is 1. The molecule has 0 unspecified atom stereocenters. The van der Waals surface area contributed by atoms with Crippen molar-refractivity contribution < 1.29 is 14.4 Å². The zero-order chi connectivity index (χ0) is 17.0. The summed E-state index contributed by atoms with van der Waals surface area (Å²) in [5.74, 6) is -0.741. The van der Waals surface area contributed by atoms with Crippen molar-refractivity contribution in [2.75, 3.05) is 18.4 Å². The summed E-state index contributed by atoms with van der Waals surface area (Å²) in [5, 5.41) is 8.24. The van der Waals surface area contributed by atoms with E-state index in [9.17, 15) is 14.4 Å². The first-order valence-corrected chi connectivity index (χ1v) is 7.57. The molecule has 7 nitrogen and oxygen atoms in total. The largest absolute Gasteiger partial charge is 0.325 e. The van der Waals surface area contributed by atoms with Gasteiger partial charge in [0.05, 0.1) is 0 Å². The molecule has 1 fully saturated rings. The molecule has 0 spiro atoms. The lowest BCUT2D eigenvalue weighted by atomic mass is 10.0. The monoisotopic (exact) mass is 318 g/mol. The van der Waals surface area contributed by atoms with E-state index in [1.165, 1.54) is 4.90 Å². The second-order valence-electron chi connectivity index (χ2n) is 5.89. The van der Waals surface area contributed by atoms with E-state index in [4.69, 9.17) is 0 Å². The maximum atomic E-state index is 12.3. The van der Waals surface area contributed by atoms with Gasteiger partial charge in [0, 0.05) is 12.2 Å². The van der Waals surface area contributed by atoms with Gasteiger partial charge in [0.15, 0.2) is 0 Å². The highest BCUT2D eigenvalue weighted by Crippen LogP contribution is 2.21. The normalized spacial score (nSPS) is 16.4. The van der Waals surface area contributed by atoms with Crippen molar-refractivity contribution >= 4 is 23.5 Å². The van der Waals surface area contributed by atoms with Crippen LogP contribution in [0.2, 0.25) is 0 Å². The highest BCUT2D eigenvalue weighted by atomic mass is 16.2. The van der Waals surface area contributed by atoms with Gasteiger partial charge in [-0.15, -0.1) is 0 Å². The number of carbonyl (C=O) groups excluding carboxylic acids is 3. The third-order valence-electron chi connectivity index (χ3n) is 3.85. The van der Waals surface area contributed by atoms with E-state index in [1.807, 2.05) is 31.2 Å². The molecule has 1 aromatic carbocycles. The smallest absolute Gasteiger partial charge is 0.324 e. The van der Waals surface area contributed by atoms with Crippen LogP contribution in [-0.2, 0) is 16.1 Å². The molecule has 2 rings (SSSR count). The summed E-state index contributed by atoms with van der Waals surface area (Å²) < 4.78 is 0. The number of amides is 4. The average molecular weight is 318 g/mol. The molecule has 1 aliphatic heterocycles. The Bertz CT molecular complexity index is 628. The molecule has 1 saturated heterocycles. The van der Waals surface area contributed by atoms with Gasteiger partial charge >= 0.3 is 6.03 Å². The maximum absolute atomic E-state index is 12.3. The summed E-state index contributed by atoms with van der Waals surface area (Å²) in [4.78, 5) is 37.0. The van der Waals surface area contributed by atoms with Gasteiger partial charge in [-0.2, -0.15) is 0 Å². The van der Waals surface area contributed by atoms with E-state index in [-0.39, 0.29) is 12.5 Å². The van der Waals surface area contributed by atoms with Crippen molar-refractivity contribution in [3.63, 3.8) is 0 Å². The van der Waals surface area contributed by atoms with Crippen LogP contribution in [0.5, 0.6) is 0 Å². The quantitative estimate of drug-likeness (QED) is 0.684. The molecule has 0 radical (unpaired) electrons. The van der Waals surface area contributed by atoms with Gasteiger partial charge in [0.2, 0.25) is 5.91 Å². The van der Waals surface area contributed by atoms with Crippen LogP contribution in [0, 0.1) is 0 Å². The number of rotatable bonds is 6. The minimum absolute atomic E-state index is 0.180. The molecule has 1 heterocycles. The number of para-hydroxylation sites is 1. The molecule has 0 saturated carbocycles. The highest BCUT2D eigenvalue weighted by Gasteiger charge is 2.46. The van der Waals surface area contributed by atoms with E-state index < -0.39 is 17.5 Å². The summed E-state index contributed by atoms with van der Waals surface area (Å²) in [6, 6.07) is 6.93. The average Bonchev–Trinajstić information content (AvgIpc) is 2.69. The minimum atomic E-state index is -1.03. The second-order valence-corrected chi connectivity index (χ2v) is 5.89. The fraction of sp³-hybridized carbons (Fsp3) is 0.438. The highest BCUT2D eigenvalue weighted by molar-refractivity contribution is 6.08. The van der Waals surface area contributed by atoms with Crippen molar-refractivity contribution in [3.8, 4) is 0 Å². The summed E-state index contributed by atoms with van der Waals surface area (Å²) in [5.41, 5.74) is 0.628. The van der Waals surface area contributed by atoms with Gasteiger partial charge in [-0.3, -0.25) is 14.9 Å². The van der Waals surface area contributed by atoms with E-state index >= 15 is 0 Å². The lowest BCUT2D eigenvalue weighted by Crippen LogP contribution is -2.47. The number of hydrogen-bond acceptors (Lipinski definition) is 4. The predicted molar refractivity (Wildman–Crippen MR) is 86.8 cm³/mol. The summed E-state index contributed by atoms with van der Waals surface area (Å²) >= 11 is 0. The molecule has 1 aromatic rings. The first-order chi connectivity index (χ1) is 10.9. The van der Waals surface area contributed by atoms with Gasteiger partial charge in [-0.1, -0.05) is 25.1 Å². The molecule has 4 amide bonds. The van der Waals surface area contributed by atoms with Crippen molar-refractivity contribution in [1.82, 2.24) is 15.5 Å². The van der Waals surface area contributed by atoms with E-state index in [1.54, 1.807) is 13.8 Å². The Morgan fingerprint density at radius 3 is 2.57 bits per heavy atom. The Hall–Kier alpha value is -2.41. The van der Waals surface area contributed by atoms with Crippen molar-refractivity contribution in [1.29, 1.82) is 0 Å². The zero-order valence-corrected chi connectivity index (χ0v) is 13.6. The van der Waals surface area contributed by atoms with Gasteiger partial charge in [-0.05, 0) is 32.0 Å². The molecule has 0 atom stereocenters. The maximum Gasteiger partial charge on any atom is 0.325 e. The number of carbonyl (C=O) groups is 3. The fourth-order valence-corrected chi connectivity index (χ4v) is 2.35. The van der Waals surface area contributed by atoms with Crippen LogP contribution in [-0.4, -0.2) is 41.4 Å². The van der Waals surface area contributed by atoms with E-state index in [2.05, 4.69) is 16.0 Å². The first kappa shape index (κ1) is 17.0. The topological polar surface area (TPSA) is 90.5 Å². The van der Waals surface area contributed by atoms with Gasteiger partial charge in [-0.25, -0.2) is 4.79 Å². The Morgan fingerprint density at radius 2 is 1.96 bits per heavy atom. The summed E-state index contributed by atoms with van der Waals surface area (Å²) in [7, 11) is 0. The Kier molecular flexibility index (Phi) is 5.00. The lowest BCUT2D eigenvalue weighted by Gasteiger charge is -2.27. The van der Waals surface area contributed by atoms with Crippen LogP contribution >= 0.6 is 0 Å². The molecule has 1 aliphatic rings. The standard InChI is InChI=1S/C16H22N4O3/c1-4-17-9-11-7-5-6-8-12(11)18-13(21)10-20-15(23)19-14(22)16(20,2)3/h5-8,17H,4,9-10H2,1-3H3,(H,18,21)(H,19,22,23). The number of nitrogens with zero attached hydrogens (tertiary/aromatic N) is 1. The second kappa shape index (κ2) is 6.78. The third kappa shape index (κ3) is 3.68. The first-order valence-electron chi connectivity index (χ1n) is 7.57. The van der Waals surface area contributed by atoms with Gasteiger partial charge < -0.3 is 15.5 Å². The lowest BCUT2D eigenvalue weighted by molar-refractivity contribution is -0.126. The minimum Gasteiger partial charge on any atom is -0.324 e. The zero-order valence-electron chi connectivity index (χ0n) is 13.6. The van der Waals surface area contributed by atoms with Gasteiger partial charge in [0.1, 0.15) is 12.1 Å². The molecule has 124 valence electrons. The van der Waals surface area contributed by atoms with Crippen molar-refractivity contribution in [2.45, 2.75) is 32.9 Å². The SMILES string of the molecule is CCNCc1ccccc1NC(=O)CN1C(=O)NC(=O)C1(C)C. The van der Waals surface area contributed by atoms with Crippen LogP contribution in [0.25, 0.3) is 0 Å². The van der Waals surface area contributed by atoms with E-state index in [0.717, 1.165) is 12.1 Å². The molecular formula is C16H22N4O3. The van der Waals surface area contributed by atoms with E-state index in [0.29, 0.717) is 12.2 Å². The van der Waals surface area contributed by atoms with Crippen LogP contribution in [0.4, 0.5) is 10.5 Å². The predicted octanol–water partition coefficient (Wildman–Crippen LogP) is 1.06. The van der Waals surface area contributed by atoms with Crippen molar-refractivity contribution in [3.05, 3.63) is 29.8 Å². The molecule has 23 heavy (non-hydrogen) atoms. The van der Waals surface area contributed by atoms with Crippen LogP contribution in [0.3, 0.4) is 0 Å². The number of urea groups is 1. The van der Waals surface area contributed by atoms with Crippen LogP contribution in [0.15, 0.2) is 24.3 Å². The Balaban J connectivity index is 2.06. The fourth-order valence-electron chi connectivity index (χ4n) is 2.35. The summed E-state index contributed by atoms with van der Waals surface area (Å²) in [6.07, 6.45) is 0. The van der Waals surface area contributed by atoms with Gasteiger partial charge in [0.25, 0.3) is 5.91 Å². The number of hydrogen-bond donors (Lipinski definition) is 3. The van der Waals surface area contributed by atoms with Crippen LogP contribution < -0.4 is 16.0 Å². The molecule has 0 aliphatic carbocycles. The molecule has 7 heteroatoms. The van der Waals surface area contributed by atoms with Crippen molar-refractivity contribution in [2.24, 2.45) is 0 Å². The Morgan fingerprint density at radius 1 is 1.26 bits per heavy atom. The molecular weight excluding hydrogens is 296 g/mol. The third-order valence-corrected chi connectivity index (χ3v) is 3.85. The summed E-state index contributed by atoms with van der Waals surface area (Å²) in [6.45, 7) is 6.51. The Labute approximate surface area is 135 Å².